The Labute approximate surface area is 180 Å². The maximum absolute atomic E-state index is 13.8. The summed E-state index contributed by atoms with van der Waals surface area (Å²) in [5.74, 6) is 0.769. The van der Waals surface area contributed by atoms with Crippen LogP contribution in [-0.2, 0) is 13.6 Å². The molecule has 1 N–H and O–H groups in total. The zero-order valence-electron chi connectivity index (χ0n) is 17.5. The molecular weight excluding hydrogens is 391 g/mol. The highest BCUT2D eigenvalue weighted by molar-refractivity contribution is 5.84. The van der Waals surface area contributed by atoms with Gasteiger partial charge in [-0.15, -0.1) is 0 Å². The van der Waals surface area contributed by atoms with Crippen molar-refractivity contribution in [2.24, 2.45) is 7.05 Å². The van der Waals surface area contributed by atoms with E-state index in [1.165, 1.54) is 11.6 Å². The number of aromatic nitrogens is 4. The molecule has 1 saturated heterocycles. The van der Waals surface area contributed by atoms with E-state index in [0.717, 1.165) is 54.8 Å². The molecule has 4 heterocycles. The van der Waals surface area contributed by atoms with Crippen molar-refractivity contribution in [1.82, 2.24) is 24.4 Å². The van der Waals surface area contributed by atoms with E-state index < -0.39 is 0 Å². The topological polar surface area (TPSA) is 58.9 Å². The molecule has 1 aliphatic rings. The number of pyridine rings is 1. The van der Waals surface area contributed by atoms with Crippen LogP contribution in [-0.4, -0.2) is 37.5 Å². The fourth-order valence-corrected chi connectivity index (χ4v) is 4.47. The minimum atomic E-state index is -0.185. The van der Waals surface area contributed by atoms with Crippen LogP contribution in [0.4, 0.5) is 16.0 Å². The highest BCUT2D eigenvalue weighted by Crippen LogP contribution is 2.29. The standard InChI is InChI=1S/C24H25FN6/c1-30-14-18(21-12-19(25)5-8-23(21)30)16-31-11-2-4-17(15-31)22-7-6-20(13-28-22)29-24-26-9-3-10-27-24/h3,5-10,12-14,17H,2,4,11,15-16H2,1H3,(H,26,27,29). The van der Waals surface area contributed by atoms with Gasteiger partial charge in [-0.1, -0.05) is 0 Å². The van der Waals surface area contributed by atoms with Gasteiger partial charge in [-0.05, 0) is 61.3 Å². The molecule has 4 aromatic rings. The number of halogens is 1. The molecule has 3 aromatic heterocycles. The Bertz CT molecular complexity index is 1170. The molecule has 0 aliphatic carbocycles. The summed E-state index contributed by atoms with van der Waals surface area (Å²) >= 11 is 0. The summed E-state index contributed by atoms with van der Waals surface area (Å²) in [6.07, 6.45) is 9.64. The van der Waals surface area contributed by atoms with Gasteiger partial charge in [0.1, 0.15) is 5.82 Å². The number of hydrogen-bond donors (Lipinski definition) is 1. The second-order valence-electron chi connectivity index (χ2n) is 8.17. The van der Waals surface area contributed by atoms with Crippen molar-refractivity contribution in [1.29, 1.82) is 0 Å². The summed E-state index contributed by atoms with van der Waals surface area (Å²) in [5, 5.41) is 4.17. The minimum Gasteiger partial charge on any atom is -0.350 e. The number of aryl methyl sites for hydroxylation is 1. The van der Waals surface area contributed by atoms with E-state index in [2.05, 4.69) is 37.0 Å². The third-order valence-corrected chi connectivity index (χ3v) is 5.96. The van der Waals surface area contributed by atoms with E-state index in [-0.39, 0.29) is 5.82 Å². The summed E-state index contributed by atoms with van der Waals surface area (Å²) in [7, 11) is 2.02. The van der Waals surface area contributed by atoms with Gasteiger partial charge in [-0.2, -0.15) is 0 Å². The van der Waals surface area contributed by atoms with Gasteiger partial charge in [-0.25, -0.2) is 14.4 Å². The summed E-state index contributed by atoms with van der Waals surface area (Å²) in [5.41, 5.74) is 4.22. The highest BCUT2D eigenvalue weighted by Gasteiger charge is 2.23. The Morgan fingerprint density at radius 3 is 2.81 bits per heavy atom. The molecule has 1 aliphatic heterocycles. The second-order valence-corrected chi connectivity index (χ2v) is 8.17. The van der Waals surface area contributed by atoms with E-state index in [9.17, 15) is 4.39 Å². The molecule has 0 amide bonds. The van der Waals surface area contributed by atoms with Crippen molar-refractivity contribution in [2.75, 3.05) is 18.4 Å². The fraction of sp³-hybridized carbons (Fsp3) is 0.292. The van der Waals surface area contributed by atoms with E-state index in [1.54, 1.807) is 24.5 Å². The average Bonchev–Trinajstić information content (AvgIpc) is 3.09. The zero-order valence-corrected chi connectivity index (χ0v) is 17.5. The number of nitrogens with zero attached hydrogens (tertiary/aromatic N) is 5. The van der Waals surface area contributed by atoms with Crippen molar-refractivity contribution < 1.29 is 4.39 Å². The molecule has 1 atom stereocenters. The van der Waals surface area contributed by atoms with Gasteiger partial charge in [-0.3, -0.25) is 9.88 Å². The molecule has 0 spiro atoms. The molecule has 0 radical (unpaired) electrons. The number of fused-ring (bicyclic) bond motifs is 1. The molecule has 1 aromatic carbocycles. The van der Waals surface area contributed by atoms with Gasteiger partial charge in [0.2, 0.25) is 5.95 Å². The van der Waals surface area contributed by atoms with Crippen LogP contribution < -0.4 is 5.32 Å². The minimum absolute atomic E-state index is 0.185. The molecule has 6 nitrogen and oxygen atoms in total. The second kappa shape index (κ2) is 8.43. The number of benzene rings is 1. The first kappa shape index (κ1) is 19.6. The van der Waals surface area contributed by atoms with E-state index in [0.29, 0.717) is 11.9 Å². The van der Waals surface area contributed by atoms with Crippen LogP contribution in [0.15, 0.2) is 61.2 Å². The first-order valence-corrected chi connectivity index (χ1v) is 10.6. The molecule has 5 rings (SSSR count). The van der Waals surface area contributed by atoms with Gasteiger partial charge in [0.25, 0.3) is 0 Å². The predicted octanol–water partition coefficient (Wildman–Crippen LogP) is 4.63. The van der Waals surface area contributed by atoms with Gasteiger partial charge >= 0.3 is 0 Å². The first-order valence-electron chi connectivity index (χ1n) is 10.6. The molecule has 7 heteroatoms. The monoisotopic (exact) mass is 416 g/mol. The van der Waals surface area contributed by atoms with Gasteiger partial charge in [0.15, 0.2) is 0 Å². The zero-order chi connectivity index (χ0) is 21.2. The van der Waals surface area contributed by atoms with E-state index in [4.69, 9.17) is 4.98 Å². The molecule has 1 fully saturated rings. The van der Waals surface area contributed by atoms with Crippen molar-refractivity contribution in [3.8, 4) is 0 Å². The highest BCUT2D eigenvalue weighted by atomic mass is 19.1. The van der Waals surface area contributed by atoms with Crippen LogP contribution in [0, 0.1) is 5.82 Å². The van der Waals surface area contributed by atoms with Crippen LogP contribution in [0.25, 0.3) is 10.9 Å². The van der Waals surface area contributed by atoms with Crippen molar-refractivity contribution >= 4 is 22.5 Å². The largest absolute Gasteiger partial charge is 0.350 e. The molecule has 1 unspecified atom stereocenters. The Kier molecular flexibility index (Phi) is 5.34. The van der Waals surface area contributed by atoms with Crippen molar-refractivity contribution in [3.63, 3.8) is 0 Å². The third kappa shape index (κ3) is 4.27. The number of likely N-dealkylation sites (tertiary alicyclic amines) is 1. The normalized spacial score (nSPS) is 17.2. The number of hydrogen-bond acceptors (Lipinski definition) is 5. The van der Waals surface area contributed by atoms with Gasteiger partial charge in [0, 0.05) is 61.2 Å². The lowest BCUT2D eigenvalue weighted by atomic mass is 9.94. The van der Waals surface area contributed by atoms with E-state index in [1.807, 2.05) is 25.4 Å². The number of nitrogens with one attached hydrogen (secondary N) is 1. The summed E-state index contributed by atoms with van der Waals surface area (Å²) in [4.78, 5) is 15.5. The number of piperidine rings is 1. The average molecular weight is 417 g/mol. The SMILES string of the molecule is Cn1cc(CN2CCCC(c3ccc(Nc4ncccn4)cn3)C2)c2cc(F)ccc21. The van der Waals surface area contributed by atoms with Gasteiger partial charge in [0.05, 0.1) is 11.9 Å². The number of rotatable bonds is 5. The Hall–Kier alpha value is -3.32. The lowest BCUT2D eigenvalue weighted by molar-refractivity contribution is 0.199. The van der Waals surface area contributed by atoms with Crippen LogP contribution in [0.3, 0.4) is 0 Å². The van der Waals surface area contributed by atoms with Crippen LogP contribution in [0.1, 0.15) is 30.0 Å². The Balaban J connectivity index is 1.28. The molecule has 158 valence electrons. The van der Waals surface area contributed by atoms with Crippen molar-refractivity contribution in [3.05, 3.63) is 78.3 Å². The summed E-state index contributed by atoms with van der Waals surface area (Å²) < 4.78 is 15.9. The predicted molar refractivity (Wildman–Crippen MR) is 120 cm³/mol. The Morgan fingerprint density at radius 2 is 2.00 bits per heavy atom. The summed E-state index contributed by atoms with van der Waals surface area (Å²) in [6, 6.07) is 10.9. The van der Waals surface area contributed by atoms with E-state index >= 15 is 0 Å². The molecule has 31 heavy (non-hydrogen) atoms. The number of anilines is 2. The molecule has 0 bridgehead atoms. The van der Waals surface area contributed by atoms with Crippen LogP contribution in [0.2, 0.25) is 0 Å². The van der Waals surface area contributed by atoms with Gasteiger partial charge < -0.3 is 9.88 Å². The van der Waals surface area contributed by atoms with Crippen molar-refractivity contribution in [2.45, 2.75) is 25.3 Å². The molecule has 0 saturated carbocycles. The maximum Gasteiger partial charge on any atom is 0.227 e. The fourth-order valence-electron chi connectivity index (χ4n) is 4.47. The molecular formula is C24H25FN6. The third-order valence-electron chi connectivity index (χ3n) is 5.96. The Morgan fingerprint density at radius 1 is 1.13 bits per heavy atom. The first-order chi connectivity index (χ1) is 15.2. The quantitative estimate of drug-likeness (QED) is 0.514. The van der Waals surface area contributed by atoms with Crippen LogP contribution in [0.5, 0.6) is 0 Å². The lowest BCUT2D eigenvalue weighted by Crippen LogP contribution is -2.34. The maximum atomic E-state index is 13.8. The smallest absolute Gasteiger partial charge is 0.227 e. The lowest BCUT2D eigenvalue weighted by Gasteiger charge is -2.32. The summed E-state index contributed by atoms with van der Waals surface area (Å²) in [6.45, 7) is 2.82. The van der Waals surface area contributed by atoms with Crippen LogP contribution >= 0.6 is 0 Å².